The number of carbonyl (C=O) groups excluding carboxylic acids is 3. The highest BCUT2D eigenvalue weighted by Crippen LogP contribution is 2.37. The zero-order chi connectivity index (χ0) is 30.0. The normalized spacial score (nSPS) is 16.8. The Bertz CT molecular complexity index is 1350. The molecule has 0 aliphatic carbocycles. The second kappa shape index (κ2) is 12.4. The van der Waals surface area contributed by atoms with Crippen LogP contribution < -0.4 is 5.32 Å². The molecule has 1 aliphatic rings. The van der Waals surface area contributed by atoms with Gasteiger partial charge in [-0.2, -0.15) is 13.2 Å². The van der Waals surface area contributed by atoms with Gasteiger partial charge in [-0.05, 0) is 68.5 Å². The number of carbonyl (C=O) groups is 3. The van der Waals surface area contributed by atoms with Gasteiger partial charge in [0.2, 0.25) is 5.91 Å². The molecule has 216 valence electrons. The Balaban J connectivity index is 1.61. The number of esters is 1. The summed E-state index contributed by atoms with van der Waals surface area (Å²) in [5.41, 5.74) is -1.57. The van der Waals surface area contributed by atoms with Gasteiger partial charge in [0.05, 0.1) is 16.5 Å². The number of thiophene rings is 1. The number of nitrogens with one attached hydrogen (secondary N) is 1. The first-order valence-corrected chi connectivity index (χ1v) is 14.0. The fourth-order valence-corrected chi connectivity index (χ4v) is 5.73. The van der Waals surface area contributed by atoms with E-state index in [-0.39, 0.29) is 27.8 Å². The van der Waals surface area contributed by atoms with Crippen LogP contribution in [-0.4, -0.2) is 56.4 Å². The maximum atomic E-state index is 13.6. The van der Waals surface area contributed by atoms with Crippen LogP contribution in [0.2, 0.25) is 0 Å². The largest absolute Gasteiger partial charge is 0.458 e. The van der Waals surface area contributed by atoms with Gasteiger partial charge in [0.25, 0.3) is 5.91 Å². The molecular formula is C26H26F4N2O5S3. The molecular weight excluding hydrogens is 592 g/mol. The van der Waals surface area contributed by atoms with Gasteiger partial charge in [0.15, 0.2) is 6.10 Å². The van der Waals surface area contributed by atoms with Crippen LogP contribution in [0, 0.1) is 5.82 Å². The van der Waals surface area contributed by atoms with E-state index in [1.54, 1.807) is 38.3 Å². The maximum Gasteiger partial charge on any atom is 0.419 e. The minimum atomic E-state index is -4.83. The molecule has 40 heavy (non-hydrogen) atoms. The molecule has 7 nitrogen and oxygen atoms in total. The van der Waals surface area contributed by atoms with Gasteiger partial charge < -0.3 is 15.2 Å². The summed E-state index contributed by atoms with van der Waals surface area (Å²) in [5, 5.41) is 14.2. The molecule has 0 unspecified atom stereocenters. The smallest absolute Gasteiger partial charge is 0.419 e. The second-order valence-electron chi connectivity index (χ2n) is 9.85. The van der Waals surface area contributed by atoms with Gasteiger partial charge >= 0.3 is 12.1 Å². The summed E-state index contributed by atoms with van der Waals surface area (Å²) in [6.07, 6.45) is -5.02. The SMILES string of the molecule is C[C@H](NC(=O)CCN1C(=O)/C(=C/c2cc(-c3ccc(F)c(C(F)(F)F)c3)cs2)SC1=S)[C@H](O)C(=O)OC(C)(C)C. The minimum Gasteiger partial charge on any atom is -0.458 e. The highest BCUT2D eigenvalue weighted by atomic mass is 32.2. The number of nitrogens with zero attached hydrogens (tertiary/aromatic N) is 1. The highest BCUT2D eigenvalue weighted by Gasteiger charge is 2.35. The number of rotatable bonds is 8. The van der Waals surface area contributed by atoms with E-state index < -0.39 is 53.1 Å². The lowest BCUT2D eigenvalue weighted by molar-refractivity contribution is -0.166. The average Bonchev–Trinajstić information content (AvgIpc) is 3.39. The molecule has 2 N–H and O–H groups in total. The van der Waals surface area contributed by atoms with Crippen LogP contribution in [0.3, 0.4) is 0 Å². The van der Waals surface area contributed by atoms with Crippen LogP contribution in [0.5, 0.6) is 0 Å². The first-order chi connectivity index (χ1) is 18.5. The number of hydrogen-bond acceptors (Lipinski definition) is 8. The summed E-state index contributed by atoms with van der Waals surface area (Å²) in [7, 11) is 0. The van der Waals surface area contributed by atoms with E-state index in [9.17, 15) is 37.1 Å². The van der Waals surface area contributed by atoms with E-state index in [0.29, 0.717) is 10.4 Å². The van der Waals surface area contributed by atoms with Gasteiger partial charge in [-0.25, -0.2) is 9.18 Å². The van der Waals surface area contributed by atoms with E-state index in [2.05, 4.69) is 5.32 Å². The molecule has 1 aromatic carbocycles. The number of ether oxygens (including phenoxy) is 1. The Kier molecular flexibility index (Phi) is 9.81. The number of aliphatic hydroxyl groups is 1. The molecule has 1 saturated heterocycles. The summed E-state index contributed by atoms with van der Waals surface area (Å²) in [4.78, 5) is 39.4. The maximum absolute atomic E-state index is 13.6. The Morgan fingerprint density at radius 1 is 1.20 bits per heavy atom. The van der Waals surface area contributed by atoms with Crippen molar-refractivity contribution in [3.8, 4) is 11.1 Å². The van der Waals surface area contributed by atoms with Crippen LogP contribution in [0.1, 0.15) is 44.6 Å². The zero-order valence-electron chi connectivity index (χ0n) is 21.8. The molecule has 3 rings (SSSR count). The third-order valence-corrected chi connectivity index (χ3v) is 7.70. The van der Waals surface area contributed by atoms with Crippen molar-refractivity contribution in [1.82, 2.24) is 10.2 Å². The van der Waals surface area contributed by atoms with Crippen molar-refractivity contribution >= 4 is 63.5 Å². The molecule has 2 heterocycles. The first-order valence-electron chi connectivity index (χ1n) is 11.9. The monoisotopic (exact) mass is 618 g/mol. The predicted molar refractivity (Wildman–Crippen MR) is 149 cm³/mol. The molecule has 0 saturated carbocycles. The van der Waals surface area contributed by atoms with Gasteiger partial charge in [-0.15, -0.1) is 11.3 Å². The van der Waals surface area contributed by atoms with Crippen molar-refractivity contribution in [2.75, 3.05) is 6.54 Å². The van der Waals surface area contributed by atoms with Crippen LogP contribution in [-0.2, 0) is 25.3 Å². The number of hydrogen-bond donors (Lipinski definition) is 2. The number of alkyl halides is 3. The molecule has 1 aliphatic heterocycles. The standard InChI is InChI=1S/C26H26F4N2O5S3/c1-13(21(34)23(36)37-25(2,3)4)31-20(33)7-8-32-22(35)19(40-24(32)38)11-16-9-15(12-39-16)14-5-6-18(27)17(10-14)26(28,29)30/h5-6,9-13,21,34H,7-8H2,1-4H3,(H,31,33)/b19-11-/t13-,21-/m0/s1. The van der Waals surface area contributed by atoms with E-state index in [1.807, 2.05) is 0 Å². The summed E-state index contributed by atoms with van der Waals surface area (Å²) in [5.74, 6) is -3.20. The molecule has 1 aromatic heterocycles. The number of amides is 2. The number of thiocarbonyl (C=S) groups is 1. The van der Waals surface area contributed by atoms with Crippen molar-refractivity contribution in [3.05, 3.63) is 50.8 Å². The van der Waals surface area contributed by atoms with E-state index in [4.69, 9.17) is 17.0 Å². The third kappa shape index (κ3) is 8.12. The Hall–Kier alpha value is -2.81. The van der Waals surface area contributed by atoms with Crippen molar-refractivity contribution in [2.24, 2.45) is 0 Å². The first kappa shape index (κ1) is 31.7. The summed E-state index contributed by atoms with van der Waals surface area (Å²) in [6, 6.07) is 3.38. The summed E-state index contributed by atoms with van der Waals surface area (Å²) < 4.78 is 58.2. The number of halogens is 4. The van der Waals surface area contributed by atoms with Crippen molar-refractivity contribution in [1.29, 1.82) is 0 Å². The Morgan fingerprint density at radius 3 is 2.50 bits per heavy atom. The van der Waals surface area contributed by atoms with Crippen molar-refractivity contribution in [3.63, 3.8) is 0 Å². The van der Waals surface area contributed by atoms with Crippen LogP contribution in [0.15, 0.2) is 34.6 Å². The van der Waals surface area contributed by atoms with Crippen LogP contribution in [0.4, 0.5) is 17.6 Å². The van der Waals surface area contributed by atoms with E-state index >= 15 is 0 Å². The average molecular weight is 619 g/mol. The molecule has 1 fully saturated rings. The van der Waals surface area contributed by atoms with Gasteiger partial charge in [-0.3, -0.25) is 14.5 Å². The number of benzene rings is 1. The van der Waals surface area contributed by atoms with Crippen molar-refractivity contribution in [2.45, 2.75) is 58.0 Å². The van der Waals surface area contributed by atoms with Gasteiger partial charge in [0, 0.05) is 17.8 Å². The van der Waals surface area contributed by atoms with Gasteiger partial charge in [0.1, 0.15) is 15.7 Å². The quantitative estimate of drug-likeness (QED) is 0.178. The number of thioether (sulfide) groups is 1. The van der Waals surface area contributed by atoms with Gasteiger partial charge in [-0.1, -0.05) is 30.0 Å². The molecule has 14 heteroatoms. The fourth-order valence-electron chi connectivity index (χ4n) is 3.51. The second-order valence-corrected chi connectivity index (χ2v) is 12.5. The lowest BCUT2D eigenvalue weighted by Crippen LogP contribution is -2.47. The zero-order valence-corrected chi connectivity index (χ0v) is 24.2. The van der Waals surface area contributed by atoms with Crippen LogP contribution in [0.25, 0.3) is 17.2 Å². The van der Waals surface area contributed by atoms with Crippen molar-refractivity contribution < 1.29 is 41.8 Å². The molecule has 0 radical (unpaired) electrons. The van der Waals surface area contributed by atoms with Crippen LogP contribution >= 0.6 is 35.3 Å². The molecule has 0 spiro atoms. The summed E-state index contributed by atoms with van der Waals surface area (Å²) in [6.45, 7) is 6.34. The van der Waals surface area contributed by atoms with E-state index in [1.165, 1.54) is 29.2 Å². The molecule has 2 amide bonds. The molecule has 0 bridgehead atoms. The lowest BCUT2D eigenvalue weighted by atomic mass is 10.0. The number of aliphatic hydroxyl groups excluding tert-OH is 1. The predicted octanol–water partition coefficient (Wildman–Crippen LogP) is 5.37. The Labute approximate surface area is 241 Å². The molecule has 2 atom stereocenters. The fraction of sp³-hybridized carbons (Fsp3) is 0.385. The lowest BCUT2D eigenvalue weighted by Gasteiger charge is -2.25. The Morgan fingerprint density at radius 2 is 1.88 bits per heavy atom. The molecule has 2 aromatic rings. The highest BCUT2D eigenvalue weighted by molar-refractivity contribution is 8.26. The topological polar surface area (TPSA) is 95.9 Å². The van der Waals surface area contributed by atoms with E-state index in [0.717, 1.165) is 23.9 Å². The minimum absolute atomic E-state index is 0.0470. The third-order valence-electron chi connectivity index (χ3n) is 5.44. The summed E-state index contributed by atoms with van der Waals surface area (Å²) >= 11 is 7.47.